The SMILES string of the molecule is CCOC(Cc1ccc(OCc2cc(OC)ccn2)cc1)C(=O)N(C)OC. The van der Waals surface area contributed by atoms with Crippen LogP contribution in [-0.4, -0.2) is 49.9 Å². The van der Waals surface area contributed by atoms with Gasteiger partial charge in [0.2, 0.25) is 0 Å². The van der Waals surface area contributed by atoms with E-state index < -0.39 is 6.10 Å². The van der Waals surface area contributed by atoms with Crippen LogP contribution >= 0.6 is 0 Å². The summed E-state index contributed by atoms with van der Waals surface area (Å²) in [6.45, 7) is 2.65. The molecular weight excluding hydrogens is 348 g/mol. The maximum absolute atomic E-state index is 12.3. The average molecular weight is 374 g/mol. The molecule has 7 nitrogen and oxygen atoms in total. The number of hydrogen-bond donors (Lipinski definition) is 0. The number of hydroxylamine groups is 2. The largest absolute Gasteiger partial charge is 0.497 e. The highest BCUT2D eigenvalue weighted by Gasteiger charge is 2.23. The molecule has 0 spiro atoms. The van der Waals surface area contributed by atoms with E-state index in [0.29, 0.717) is 19.6 Å². The Hall–Kier alpha value is -2.64. The summed E-state index contributed by atoms with van der Waals surface area (Å²) in [4.78, 5) is 21.5. The van der Waals surface area contributed by atoms with Gasteiger partial charge in [-0.3, -0.25) is 14.6 Å². The van der Waals surface area contributed by atoms with E-state index in [4.69, 9.17) is 19.0 Å². The number of ether oxygens (including phenoxy) is 3. The average Bonchev–Trinajstić information content (AvgIpc) is 2.72. The minimum atomic E-state index is -0.590. The number of carbonyl (C=O) groups is 1. The number of amides is 1. The van der Waals surface area contributed by atoms with Crippen molar-refractivity contribution in [3.8, 4) is 11.5 Å². The van der Waals surface area contributed by atoms with E-state index in [2.05, 4.69) is 4.98 Å². The minimum absolute atomic E-state index is 0.219. The molecule has 1 aromatic heterocycles. The molecule has 2 rings (SSSR count). The topological polar surface area (TPSA) is 70.1 Å². The first-order valence-electron chi connectivity index (χ1n) is 8.71. The molecule has 2 aromatic rings. The fourth-order valence-corrected chi connectivity index (χ4v) is 2.47. The molecule has 0 aliphatic heterocycles. The molecular formula is C20H26N2O5. The van der Waals surface area contributed by atoms with Crippen LogP contribution in [0.2, 0.25) is 0 Å². The van der Waals surface area contributed by atoms with E-state index >= 15 is 0 Å². The van der Waals surface area contributed by atoms with Crippen molar-refractivity contribution in [2.24, 2.45) is 0 Å². The summed E-state index contributed by atoms with van der Waals surface area (Å²) in [5, 5.41) is 1.18. The highest BCUT2D eigenvalue weighted by molar-refractivity contribution is 5.80. The van der Waals surface area contributed by atoms with Gasteiger partial charge in [-0.15, -0.1) is 0 Å². The second kappa shape index (κ2) is 10.5. The van der Waals surface area contributed by atoms with Crippen LogP contribution in [0.25, 0.3) is 0 Å². The summed E-state index contributed by atoms with van der Waals surface area (Å²) in [5.41, 5.74) is 1.75. The zero-order valence-electron chi connectivity index (χ0n) is 16.2. The first-order chi connectivity index (χ1) is 13.1. The third kappa shape index (κ3) is 6.23. The van der Waals surface area contributed by atoms with Gasteiger partial charge in [-0.1, -0.05) is 12.1 Å². The second-order valence-electron chi connectivity index (χ2n) is 5.79. The van der Waals surface area contributed by atoms with E-state index in [-0.39, 0.29) is 5.91 Å². The van der Waals surface area contributed by atoms with E-state index in [1.54, 1.807) is 26.4 Å². The van der Waals surface area contributed by atoms with Crippen LogP contribution in [-0.2, 0) is 27.4 Å². The van der Waals surface area contributed by atoms with Gasteiger partial charge in [-0.2, -0.15) is 0 Å². The maximum Gasteiger partial charge on any atom is 0.275 e. The maximum atomic E-state index is 12.3. The summed E-state index contributed by atoms with van der Waals surface area (Å²) in [7, 11) is 4.63. The molecule has 1 unspecified atom stereocenters. The number of pyridine rings is 1. The molecule has 0 saturated heterocycles. The van der Waals surface area contributed by atoms with Crippen LogP contribution in [0.4, 0.5) is 0 Å². The molecule has 0 saturated carbocycles. The number of aromatic nitrogens is 1. The van der Waals surface area contributed by atoms with Crippen LogP contribution in [0.1, 0.15) is 18.2 Å². The first kappa shape index (κ1) is 20.7. The fourth-order valence-electron chi connectivity index (χ4n) is 2.47. The van der Waals surface area contributed by atoms with Crippen LogP contribution in [0.15, 0.2) is 42.6 Å². The second-order valence-corrected chi connectivity index (χ2v) is 5.79. The minimum Gasteiger partial charge on any atom is -0.497 e. The molecule has 0 bridgehead atoms. The van der Waals surface area contributed by atoms with Crippen molar-refractivity contribution >= 4 is 5.91 Å². The Morgan fingerprint density at radius 2 is 1.89 bits per heavy atom. The van der Waals surface area contributed by atoms with E-state index in [9.17, 15) is 4.79 Å². The van der Waals surface area contributed by atoms with Gasteiger partial charge in [0.25, 0.3) is 5.91 Å². The van der Waals surface area contributed by atoms with E-state index in [0.717, 1.165) is 22.8 Å². The molecule has 0 radical (unpaired) electrons. The van der Waals surface area contributed by atoms with Crippen LogP contribution in [0, 0.1) is 0 Å². The van der Waals surface area contributed by atoms with Gasteiger partial charge < -0.3 is 14.2 Å². The Morgan fingerprint density at radius 3 is 2.52 bits per heavy atom. The lowest BCUT2D eigenvalue weighted by molar-refractivity contribution is -0.180. The molecule has 27 heavy (non-hydrogen) atoms. The number of hydrogen-bond acceptors (Lipinski definition) is 6. The summed E-state index contributed by atoms with van der Waals surface area (Å²) >= 11 is 0. The van der Waals surface area contributed by atoms with Crippen molar-refractivity contribution in [3.05, 3.63) is 53.9 Å². The Morgan fingerprint density at radius 1 is 1.15 bits per heavy atom. The van der Waals surface area contributed by atoms with Gasteiger partial charge >= 0.3 is 0 Å². The molecule has 1 heterocycles. The van der Waals surface area contributed by atoms with Crippen molar-refractivity contribution in [2.45, 2.75) is 26.1 Å². The van der Waals surface area contributed by atoms with Crippen LogP contribution < -0.4 is 9.47 Å². The normalized spacial score (nSPS) is 11.7. The lowest BCUT2D eigenvalue weighted by atomic mass is 10.1. The molecule has 7 heteroatoms. The first-order valence-corrected chi connectivity index (χ1v) is 8.71. The Balaban J connectivity index is 1.95. The van der Waals surface area contributed by atoms with E-state index in [1.165, 1.54) is 12.2 Å². The Labute approximate surface area is 159 Å². The van der Waals surface area contributed by atoms with E-state index in [1.807, 2.05) is 37.3 Å². The van der Waals surface area contributed by atoms with Crippen molar-refractivity contribution in [2.75, 3.05) is 27.9 Å². The quantitative estimate of drug-likeness (QED) is 0.596. The predicted octanol–water partition coefficient (Wildman–Crippen LogP) is 2.64. The Kier molecular flexibility index (Phi) is 8.03. The lowest BCUT2D eigenvalue weighted by Gasteiger charge is -2.21. The van der Waals surface area contributed by atoms with Crippen molar-refractivity contribution in [3.63, 3.8) is 0 Å². The summed E-state index contributed by atoms with van der Waals surface area (Å²) in [6.07, 6.45) is 1.55. The fraction of sp³-hybridized carbons (Fsp3) is 0.400. The van der Waals surface area contributed by atoms with Crippen molar-refractivity contribution in [1.82, 2.24) is 10.0 Å². The zero-order valence-corrected chi connectivity index (χ0v) is 16.2. The standard InChI is InChI=1S/C20H26N2O5/c1-5-26-19(20(23)22(2)25-4)12-15-6-8-17(9-7-15)27-14-16-13-18(24-3)10-11-21-16/h6-11,13,19H,5,12,14H2,1-4H3. The number of nitrogens with zero attached hydrogens (tertiary/aromatic N) is 2. The van der Waals surface area contributed by atoms with Gasteiger partial charge in [0.1, 0.15) is 24.2 Å². The van der Waals surface area contributed by atoms with Gasteiger partial charge in [-0.05, 0) is 30.7 Å². The molecule has 0 aliphatic rings. The predicted molar refractivity (Wildman–Crippen MR) is 100 cm³/mol. The lowest BCUT2D eigenvalue weighted by Crippen LogP contribution is -2.38. The molecule has 1 atom stereocenters. The molecule has 0 aliphatic carbocycles. The molecule has 1 amide bonds. The summed E-state index contributed by atoms with van der Waals surface area (Å²) in [6, 6.07) is 11.2. The third-order valence-corrected chi connectivity index (χ3v) is 3.98. The molecule has 1 aromatic carbocycles. The van der Waals surface area contributed by atoms with Crippen molar-refractivity contribution in [1.29, 1.82) is 0 Å². The number of benzene rings is 1. The highest BCUT2D eigenvalue weighted by atomic mass is 16.7. The van der Waals surface area contributed by atoms with Crippen LogP contribution in [0.3, 0.4) is 0 Å². The number of rotatable bonds is 10. The van der Waals surface area contributed by atoms with Crippen molar-refractivity contribution < 1.29 is 23.8 Å². The molecule has 0 fully saturated rings. The van der Waals surface area contributed by atoms with Gasteiger partial charge in [0.15, 0.2) is 0 Å². The number of likely N-dealkylation sites (N-methyl/N-ethyl adjacent to an activating group) is 1. The van der Waals surface area contributed by atoms with Gasteiger partial charge in [0.05, 0.1) is 19.9 Å². The number of methoxy groups -OCH3 is 1. The monoisotopic (exact) mass is 374 g/mol. The molecule has 0 N–H and O–H groups in total. The number of carbonyl (C=O) groups excluding carboxylic acids is 1. The van der Waals surface area contributed by atoms with Crippen LogP contribution in [0.5, 0.6) is 11.5 Å². The zero-order chi connectivity index (χ0) is 19.6. The highest BCUT2D eigenvalue weighted by Crippen LogP contribution is 2.17. The Bertz CT molecular complexity index is 721. The van der Waals surface area contributed by atoms with Gasteiger partial charge in [-0.25, -0.2) is 5.06 Å². The molecule has 146 valence electrons. The summed E-state index contributed by atoms with van der Waals surface area (Å²) in [5.74, 6) is 1.24. The third-order valence-electron chi connectivity index (χ3n) is 3.98. The summed E-state index contributed by atoms with van der Waals surface area (Å²) < 4.78 is 16.5. The smallest absolute Gasteiger partial charge is 0.275 e. The van der Waals surface area contributed by atoms with Gasteiger partial charge in [0, 0.05) is 32.3 Å².